The summed E-state index contributed by atoms with van der Waals surface area (Å²) in [7, 11) is -2.61. The lowest BCUT2D eigenvalue weighted by molar-refractivity contribution is -0.137. The summed E-state index contributed by atoms with van der Waals surface area (Å²) in [5.74, 6) is -2.69. The van der Waals surface area contributed by atoms with Crippen molar-refractivity contribution in [3.8, 4) is 0 Å². The zero-order valence-corrected chi connectivity index (χ0v) is 9.96. The number of benzene rings is 1. The van der Waals surface area contributed by atoms with Gasteiger partial charge in [-0.3, -0.25) is 4.79 Å². The zero-order valence-electron chi connectivity index (χ0n) is 9.14. The van der Waals surface area contributed by atoms with Gasteiger partial charge in [0.1, 0.15) is 11.6 Å². The van der Waals surface area contributed by atoms with Gasteiger partial charge in [-0.25, -0.2) is 12.8 Å². The first kappa shape index (κ1) is 13.4. The Morgan fingerprint density at radius 2 is 2.12 bits per heavy atom. The zero-order chi connectivity index (χ0) is 13.1. The molecule has 0 aliphatic rings. The van der Waals surface area contributed by atoms with Gasteiger partial charge in [-0.2, -0.15) is 0 Å². The summed E-state index contributed by atoms with van der Waals surface area (Å²) < 4.78 is 40.3. The Morgan fingerprint density at radius 3 is 2.71 bits per heavy atom. The Bertz CT molecular complexity index is 527. The fraction of sp³-hybridized carbons (Fsp3) is 0.300. The number of methoxy groups -OCH3 is 1. The standard InChI is InChI=1S/C10H12FNO4S/c1-16-10(13)6-17(14,15)5-7-4-8(11)2-3-9(7)12/h2-4H,5-6,12H2,1H3. The lowest BCUT2D eigenvalue weighted by atomic mass is 10.2. The second-order valence-electron chi connectivity index (χ2n) is 3.45. The Labute approximate surface area is 98.3 Å². The highest BCUT2D eigenvalue weighted by Gasteiger charge is 2.19. The van der Waals surface area contributed by atoms with Crippen molar-refractivity contribution in [3.05, 3.63) is 29.6 Å². The van der Waals surface area contributed by atoms with Gasteiger partial charge in [0.05, 0.1) is 12.9 Å². The van der Waals surface area contributed by atoms with Gasteiger partial charge in [0, 0.05) is 5.69 Å². The molecule has 1 rings (SSSR count). The van der Waals surface area contributed by atoms with E-state index in [9.17, 15) is 17.6 Å². The van der Waals surface area contributed by atoms with Gasteiger partial charge >= 0.3 is 5.97 Å². The van der Waals surface area contributed by atoms with Gasteiger partial charge in [0.15, 0.2) is 9.84 Å². The number of sulfone groups is 1. The Morgan fingerprint density at radius 1 is 1.47 bits per heavy atom. The van der Waals surface area contributed by atoms with E-state index in [1.807, 2.05) is 0 Å². The molecule has 2 N–H and O–H groups in total. The molecule has 0 radical (unpaired) electrons. The summed E-state index contributed by atoms with van der Waals surface area (Å²) in [5.41, 5.74) is 5.81. The number of carbonyl (C=O) groups is 1. The van der Waals surface area contributed by atoms with Crippen LogP contribution in [0, 0.1) is 5.82 Å². The summed E-state index contributed by atoms with van der Waals surface area (Å²) in [6, 6.07) is 3.44. The monoisotopic (exact) mass is 261 g/mol. The van der Waals surface area contributed by atoms with Crippen LogP contribution in [0.4, 0.5) is 10.1 Å². The average molecular weight is 261 g/mol. The molecule has 0 unspecified atom stereocenters. The number of anilines is 1. The molecule has 0 aliphatic carbocycles. The predicted octanol–water partition coefficient (Wildman–Crippen LogP) is 0.496. The first-order chi connectivity index (χ1) is 7.84. The topological polar surface area (TPSA) is 86.5 Å². The minimum Gasteiger partial charge on any atom is -0.468 e. The molecule has 0 saturated carbocycles. The number of carbonyl (C=O) groups excluding carboxylic acids is 1. The lowest BCUT2D eigenvalue weighted by Gasteiger charge is -2.06. The van der Waals surface area contributed by atoms with Crippen molar-refractivity contribution in [2.24, 2.45) is 0 Å². The van der Waals surface area contributed by atoms with Crippen LogP contribution in [0.5, 0.6) is 0 Å². The number of ether oxygens (including phenoxy) is 1. The van der Waals surface area contributed by atoms with E-state index in [2.05, 4.69) is 4.74 Å². The second-order valence-corrected chi connectivity index (χ2v) is 5.52. The minimum atomic E-state index is -3.71. The molecule has 0 atom stereocenters. The van der Waals surface area contributed by atoms with Crippen molar-refractivity contribution < 1.29 is 22.3 Å². The predicted molar refractivity (Wildman–Crippen MR) is 60.3 cm³/mol. The molecule has 0 aromatic heterocycles. The molecule has 0 heterocycles. The smallest absolute Gasteiger partial charge is 0.320 e. The quantitative estimate of drug-likeness (QED) is 0.630. The Balaban J connectivity index is 2.90. The van der Waals surface area contributed by atoms with Crippen LogP contribution < -0.4 is 5.73 Å². The summed E-state index contributed by atoms with van der Waals surface area (Å²) >= 11 is 0. The minimum absolute atomic E-state index is 0.133. The van der Waals surface area contributed by atoms with Gasteiger partial charge < -0.3 is 10.5 Å². The van der Waals surface area contributed by atoms with Crippen LogP contribution in [-0.2, 0) is 25.1 Å². The SMILES string of the molecule is COC(=O)CS(=O)(=O)Cc1cc(F)ccc1N. The molecule has 0 fully saturated rings. The third-order valence-electron chi connectivity index (χ3n) is 2.05. The molecule has 0 spiro atoms. The highest BCUT2D eigenvalue weighted by Crippen LogP contribution is 2.16. The highest BCUT2D eigenvalue weighted by molar-refractivity contribution is 7.91. The molecule has 0 aliphatic heterocycles. The fourth-order valence-electron chi connectivity index (χ4n) is 1.23. The van der Waals surface area contributed by atoms with E-state index in [-0.39, 0.29) is 11.3 Å². The van der Waals surface area contributed by atoms with E-state index in [1.54, 1.807) is 0 Å². The van der Waals surface area contributed by atoms with Crippen LogP contribution in [0.2, 0.25) is 0 Å². The van der Waals surface area contributed by atoms with Crippen molar-refractivity contribution in [2.45, 2.75) is 5.75 Å². The van der Waals surface area contributed by atoms with Gasteiger partial charge in [-0.15, -0.1) is 0 Å². The maximum absolute atomic E-state index is 12.9. The molecular formula is C10H12FNO4S. The number of nitrogens with two attached hydrogens (primary N) is 1. The van der Waals surface area contributed by atoms with E-state index in [0.29, 0.717) is 0 Å². The molecule has 0 amide bonds. The highest BCUT2D eigenvalue weighted by atomic mass is 32.2. The van der Waals surface area contributed by atoms with Crippen LogP contribution in [0.25, 0.3) is 0 Å². The lowest BCUT2D eigenvalue weighted by Crippen LogP contribution is -2.19. The number of esters is 1. The molecule has 1 aromatic carbocycles. The third kappa shape index (κ3) is 4.03. The largest absolute Gasteiger partial charge is 0.468 e. The van der Waals surface area contributed by atoms with Gasteiger partial charge in [-0.05, 0) is 23.8 Å². The fourth-order valence-corrected chi connectivity index (χ4v) is 2.53. The van der Waals surface area contributed by atoms with E-state index in [0.717, 1.165) is 19.2 Å². The van der Waals surface area contributed by atoms with E-state index in [1.165, 1.54) is 6.07 Å². The molecule has 94 valence electrons. The first-order valence-electron chi connectivity index (χ1n) is 4.65. The summed E-state index contributed by atoms with van der Waals surface area (Å²) in [6.07, 6.45) is 0. The van der Waals surface area contributed by atoms with E-state index >= 15 is 0 Å². The van der Waals surface area contributed by atoms with Crippen LogP contribution in [-0.4, -0.2) is 27.2 Å². The van der Waals surface area contributed by atoms with Crippen LogP contribution in [0.1, 0.15) is 5.56 Å². The number of nitrogen functional groups attached to an aromatic ring is 1. The molecule has 7 heteroatoms. The molecule has 5 nitrogen and oxygen atoms in total. The normalized spacial score (nSPS) is 11.2. The number of hydrogen-bond donors (Lipinski definition) is 1. The summed E-state index contributed by atoms with van der Waals surface area (Å²) in [5, 5.41) is 0. The maximum atomic E-state index is 12.9. The molecule has 0 saturated heterocycles. The van der Waals surface area contributed by atoms with Gasteiger partial charge in [-0.1, -0.05) is 0 Å². The number of rotatable bonds is 4. The average Bonchev–Trinajstić information content (AvgIpc) is 2.22. The van der Waals surface area contributed by atoms with Gasteiger partial charge in [0.25, 0.3) is 0 Å². The Hall–Kier alpha value is -1.63. The van der Waals surface area contributed by atoms with Crippen molar-refractivity contribution in [1.82, 2.24) is 0 Å². The maximum Gasteiger partial charge on any atom is 0.320 e. The second kappa shape index (κ2) is 5.13. The van der Waals surface area contributed by atoms with Crippen molar-refractivity contribution in [2.75, 3.05) is 18.6 Å². The summed E-state index contributed by atoms with van der Waals surface area (Å²) in [6.45, 7) is 0. The van der Waals surface area contributed by atoms with Crippen LogP contribution >= 0.6 is 0 Å². The molecule has 17 heavy (non-hydrogen) atoms. The number of halogens is 1. The third-order valence-corrected chi connectivity index (χ3v) is 3.47. The van der Waals surface area contributed by atoms with E-state index < -0.39 is 33.1 Å². The van der Waals surface area contributed by atoms with Gasteiger partial charge in [0.2, 0.25) is 0 Å². The van der Waals surface area contributed by atoms with Crippen molar-refractivity contribution >= 4 is 21.5 Å². The number of hydrogen-bond acceptors (Lipinski definition) is 5. The van der Waals surface area contributed by atoms with Crippen molar-refractivity contribution in [1.29, 1.82) is 0 Å². The molecule has 1 aromatic rings. The molecule has 0 bridgehead atoms. The molecular weight excluding hydrogens is 249 g/mol. The van der Waals surface area contributed by atoms with E-state index in [4.69, 9.17) is 5.73 Å². The first-order valence-corrected chi connectivity index (χ1v) is 6.47. The van der Waals surface area contributed by atoms with Crippen LogP contribution in [0.3, 0.4) is 0 Å². The Kier molecular flexibility index (Phi) is 4.06. The summed E-state index contributed by atoms with van der Waals surface area (Å²) in [4.78, 5) is 10.9. The van der Waals surface area contributed by atoms with Crippen LogP contribution in [0.15, 0.2) is 18.2 Å². The van der Waals surface area contributed by atoms with Crippen molar-refractivity contribution in [3.63, 3.8) is 0 Å².